The second-order valence-corrected chi connectivity index (χ2v) is 6.61. The predicted octanol–water partition coefficient (Wildman–Crippen LogP) is 4.54. The number of nitrogens with zero attached hydrogens (tertiary/aromatic N) is 2. The summed E-state index contributed by atoms with van der Waals surface area (Å²) in [5, 5.41) is 10.2. The molecule has 2 nitrogen and oxygen atoms in total. The first-order valence-electron chi connectivity index (χ1n) is 6.46. The lowest BCUT2D eigenvalue weighted by Crippen LogP contribution is -2.13. The van der Waals surface area contributed by atoms with E-state index in [4.69, 9.17) is 0 Å². The smallest absolute Gasteiger partial charge is 0.128 e. The van der Waals surface area contributed by atoms with Crippen molar-refractivity contribution in [2.45, 2.75) is 39.5 Å². The van der Waals surface area contributed by atoms with Gasteiger partial charge in [0.2, 0.25) is 0 Å². The second kappa shape index (κ2) is 5.14. The van der Waals surface area contributed by atoms with Crippen LogP contribution in [0, 0.1) is 11.3 Å². The van der Waals surface area contributed by atoms with Gasteiger partial charge in [0.1, 0.15) is 16.0 Å². The topological polar surface area (TPSA) is 36.7 Å². The van der Waals surface area contributed by atoms with Gasteiger partial charge in [-0.15, -0.1) is 11.3 Å². The van der Waals surface area contributed by atoms with E-state index in [2.05, 4.69) is 63.0 Å². The van der Waals surface area contributed by atoms with Crippen LogP contribution in [0.25, 0.3) is 10.6 Å². The molecule has 0 aliphatic rings. The van der Waals surface area contributed by atoms with E-state index >= 15 is 0 Å². The first-order valence-corrected chi connectivity index (χ1v) is 7.28. The molecular formula is C16H18N2S. The maximum Gasteiger partial charge on any atom is 0.128 e. The van der Waals surface area contributed by atoms with Crippen molar-refractivity contribution in [1.82, 2.24) is 4.98 Å². The Hall–Kier alpha value is -1.66. The first kappa shape index (κ1) is 13.8. The van der Waals surface area contributed by atoms with E-state index in [1.165, 1.54) is 16.9 Å². The van der Waals surface area contributed by atoms with Crippen LogP contribution >= 0.6 is 11.3 Å². The molecule has 0 N–H and O–H groups in total. The third-order valence-corrected chi connectivity index (χ3v) is 4.06. The lowest BCUT2D eigenvalue weighted by molar-refractivity contribution is 0.572. The zero-order valence-electron chi connectivity index (χ0n) is 11.8. The van der Waals surface area contributed by atoms with Crippen LogP contribution in [0.4, 0.5) is 0 Å². The summed E-state index contributed by atoms with van der Waals surface area (Å²) in [5.74, 6) is 0. The van der Waals surface area contributed by atoms with Crippen LogP contribution in [0.2, 0.25) is 0 Å². The Morgan fingerprint density at radius 2 is 1.84 bits per heavy atom. The predicted molar refractivity (Wildman–Crippen MR) is 80.3 cm³/mol. The average Bonchev–Trinajstić information content (AvgIpc) is 2.83. The molecule has 0 spiro atoms. The monoisotopic (exact) mass is 270 g/mol. The van der Waals surface area contributed by atoms with Crippen LogP contribution in [-0.2, 0) is 11.8 Å². The fraction of sp³-hybridized carbons (Fsp3) is 0.375. The summed E-state index contributed by atoms with van der Waals surface area (Å²) >= 11 is 1.48. The van der Waals surface area contributed by atoms with Crippen LogP contribution in [0.5, 0.6) is 0 Å². The number of nitriles is 1. The van der Waals surface area contributed by atoms with Crippen molar-refractivity contribution in [3.8, 4) is 16.6 Å². The molecule has 1 heterocycles. The Morgan fingerprint density at radius 1 is 1.21 bits per heavy atom. The van der Waals surface area contributed by atoms with Crippen molar-refractivity contribution in [2.75, 3.05) is 0 Å². The molecule has 0 aliphatic heterocycles. The fourth-order valence-electron chi connectivity index (χ4n) is 1.91. The van der Waals surface area contributed by atoms with Crippen LogP contribution < -0.4 is 0 Å². The summed E-state index contributed by atoms with van der Waals surface area (Å²) in [5.41, 5.74) is 3.21. The number of rotatable bonds is 2. The van der Waals surface area contributed by atoms with Gasteiger partial charge >= 0.3 is 0 Å². The maximum atomic E-state index is 9.24. The third-order valence-electron chi connectivity index (χ3n) is 3.05. The van der Waals surface area contributed by atoms with Crippen molar-refractivity contribution in [1.29, 1.82) is 5.26 Å². The van der Waals surface area contributed by atoms with Crippen LogP contribution in [0.3, 0.4) is 0 Å². The zero-order valence-corrected chi connectivity index (χ0v) is 12.6. The first-order chi connectivity index (χ1) is 8.95. The third kappa shape index (κ3) is 2.85. The number of thiazole rings is 1. The molecule has 3 heteroatoms. The molecule has 2 rings (SSSR count). The van der Waals surface area contributed by atoms with Crippen molar-refractivity contribution in [3.05, 3.63) is 40.4 Å². The van der Waals surface area contributed by atoms with Gasteiger partial charge in [0, 0.05) is 11.0 Å². The molecule has 0 atom stereocenters. The number of aromatic nitrogens is 1. The molecule has 0 radical (unpaired) electrons. The lowest BCUT2D eigenvalue weighted by Gasteiger charge is -2.15. The molecule has 1 aromatic carbocycles. The van der Waals surface area contributed by atoms with E-state index in [1.54, 1.807) is 0 Å². The van der Waals surface area contributed by atoms with Gasteiger partial charge in [-0.1, -0.05) is 52.0 Å². The van der Waals surface area contributed by atoms with E-state index in [0.29, 0.717) is 0 Å². The molecule has 98 valence electrons. The van der Waals surface area contributed by atoms with Crippen molar-refractivity contribution in [3.63, 3.8) is 0 Å². The fourth-order valence-corrected chi connectivity index (χ4v) is 2.99. The normalized spacial score (nSPS) is 11.3. The van der Waals surface area contributed by atoms with E-state index in [9.17, 15) is 5.26 Å². The highest BCUT2D eigenvalue weighted by Gasteiger charge is 2.23. The molecule has 0 unspecified atom stereocenters. The molecule has 0 aliphatic carbocycles. The molecule has 0 saturated heterocycles. The molecule has 2 aromatic rings. The van der Waals surface area contributed by atoms with E-state index < -0.39 is 0 Å². The van der Waals surface area contributed by atoms with Crippen LogP contribution in [-0.4, -0.2) is 4.98 Å². The Morgan fingerprint density at radius 3 is 2.26 bits per heavy atom. The van der Waals surface area contributed by atoms with Gasteiger partial charge in [-0.25, -0.2) is 4.98 Å². The van der Waals surface area contributed by atoms with Crippen molar-refractivity contribution < 1.29 is 0 Å². The summed E-state index contributed by atoms with van der Waals surface area (Å²) in [4.78, 5) is 5.40. The SMILES string of the molecule is CCc1ccc(-c2nc(C(C)(C)C)c(C#N)s2)cc1. The Kier molecular flexibility index (Phi) is 3.73. The molecule has 1 aromatic heterocycles. The lowest BCUT2D eigenvalue weighted by atomic mass is 9.91. The van der Waals surface area contributed by atoms with Gasteiger partial charge in [-0.2, -0.15) is 5.26 Å². The number of aryl methyl sites for hydroxylation is 1. The van der Waals surface area contributed by atoms with E-state index in [-0.39, 0.29) is 5.41 Å². The minimum Gasteiger partial charge on any atom is -0.239 e. The Balaban J connectivity index is 2.46. The summed E-state index contributed by atoms with van der Waals surface area (Å²) in [6, 6.07) is 10.7. The van der Waals surface area contributed by atoms with E-state index in [1.807, 2.05) is 0 Å². The highest BCUT2D eigenvalue weighted by atomic mass is 32.1. The molecule has 0 fully saturated rings. The van der Waals surface area contributed by atoms with Crippen molar-refractivity contribution >= 4 is 11.3 Å². The summed E-state index contributed by atoms with van der Waals surface area (Å²) in [7, 11) is 0. The quantitative estimate of drug-likeness (QED) is 0.803. The Labute approximate surface area is 118 Å². The Bertz CT molecular complexity index is 610. The highest BCUT2D eigenvalue weighted by molar-refractivity contribution is 7.15. The van der Waals surface area contributed by atoms with Gasteiger partial charge in [-0.05, 0) is 12.0 Å². The molecular weight excluding hydrogens is 252 g/mol. The number of hydrogen-bond acceptors (Lipinski definition) is 3. The largest absolute Gasteiger partial charge is 0.239 e. The van der Waals surface area contributed by atoms with Gasteiger partial charge in [0.15, 0.2) is 0 Å². The summed E-state index contributed by atoms with van der Waals surface area (Å²) < 4.78 is 0. The molecule has 0 saturated carbocycles. The van der Waals surface area contributed by atoms with Gasteiger partial charge < -0.3 is 0 Å². The van der Waals surface area contributed by atoms with Crippen LogP contribution in [0.1, 0.15) is 43.8 Å². The minimum atomic E-state index is -0.0941. The minimum absolute atomic E-state index is 0.0941. The highest BCUT2D eigenvalue weighted by Crippen LogP contribution is 2.33. The van der Waals surface area contributed by atoms with Crippen LogP contribution in [0.15, 0.2) is 24.3 Å². The molecule has 0 bridgehead atoms. The molecule has 19 heavy (non-hydrogen) atoms. The van der Waals surface area contributed by atoms with Gasteiger partial charge in [-0.3, -0.25) is 0 Å². The van der Waals surface area contributed by atoms with Gasteiger partial charge in [0.25, 0.3) is 0 Å². The maximum absolute atomic E-state index is 9.24. The summed E-state index contributed by atoms with van der Waals surface area (Å²) in [6.07, 6.45) is 1.04. The second-order valence-electron chi connectivity index (χ2n) is 5.61. The standard InChI is InChI=1S/C16H18N2S/c1-5-11-6-8-12(9-7-11)15-18-14(16(2,3)4)13(10-17)19-15/h6-9H,5H2,1-4H3. The van der Waals surface area contributed by atoms with Gasteiger partial charge in [0.05, 0.1) is 5.69 Å². The van der Waals surface area contributed by atoms with Crippen molar-refractivity contribution in [2.24, 2.45) is 0 Å². The molecule has 0 amide bonds. The average molecular weight is 270 g/mol. The number of benzene rings is 1. The van der Waals surface area contributed by atoms with E-state index in [0.717, 1.165) is 27.6 Å². The number of hydrogen-bond donors (Lipinski definition) is 0. The summed E-state index contributed by atoms with van der Waals surface area (Å²) in [6.45, 7) is 8.41. The zero-order chi connectivity index (χ0) is 14.0.